The molecule has 0 radical (unpaired) electrons. The molecule has 102 valence electrons. The maximum Gasteiger partial charge on any atom is 0.287 e. The molecule has 3 N–H and O–H groups in total. The molecule has 7 heteroatoms. The minimum atomic E-state index is -0.432. The van der Waals surface area contributed by atoms with Crippen LogP contribution in [0.1, 0.15) is 30.1 Å². The zero-order valence-corrected chi connectivity index (χ0v) is 11.6. The average molecular weight is 272 g/mol. The largest absolute Gasteiger partial charge is 0.360 e. The molecule has 6 nitrogen and oxygen atoms in total. The molecule has 0 aliphatic rings. The molecule has 0 aliphatic carbocycles. The number of nitrogen functional groups attached to an aromatic ring is 1. The van der Waals surface area contributed by atoms with Gasteiger partial charge in [-0.15, -0.1) is 0 Å². The van der Waals surface area contributed by atoms with Gasteiger partial charge in [0.15, 0.2) is 5.69 Å². The SMILES string of the molecule is CCN(CC)CCSCc1cc(C(=O)NN)no1. The first-order chi connectivity index (χ1) is 8.71. The topological polar surface area (TPSA) is 84.4 Å². The van der Waals surface area contributed by atoms with Gasteiger partial charge < -0.3 is 9.42 Å². The van der Waals surface area contributed by atoms with Gasteiger partial charge >= 0.3 is 0 Å². The Labute approximate surface area is 111 Å². The molecule has 0 saturated carbocycles. The summed E-state index contributed by atoms with van der Waals surface area (Å²) >= 11 is 1.76. The summed E-state index contributed by atoms with van der Waals surface area (Å²) < 4.78 is 5.05. The van der Waals surface area contributed by atoms with Crippen molar-refractivity contribution in [3.8, 4) is 0 Å². The normalized spacial score (nSPS) is 10.9. The Kier molecular flexibility index (Phi) is 6.77. The molecule has 0 saturated heterocycles. The number of carbonyl (C=O) groups excluding carboxylic acids is 1. The van der Waals surface area contributed by atoms with Crippen molar-refractivity contribution in [3.63, 3.8) is 0 Å². The van der Waals surface area contributed by atoms with Crippen LogP contribution < -0.4 is 11.3 Å². The fourth-order valence-electron chi connectivity index (χ4n) is 1.47. The van der Waals surface area contributed by atoms with Crippen molar-refractivity contribution in [1.29, 1.82) is 0 Å². The van der Waals surface area contributed by atoms with Crippen LogP contribution in [0.5, 0.6) is 0 Å². The van der Waals surface area contributed by atoms with E-state index in [9.17, 15) is 4.79 Å². The van der Waals surface area contributed by atoms with Gasteiger partial charge in [-0.25, -0.2) is 5.84 Å². The van der Waals surface area contributed by atoms with Crippen LogP contribution >= 0.6 is 11.8 Å². The third kappa shape index (κ3) is 4.67. The predicted molar refractivity (Wildman–Crippen MR) is 72.1 cm³/mol. The molecule has 0 unspecified atom stereocenters. The summed E-state index contributed by atoms with van der Waals surface area (Å²) in [6.07, 6.45) is 0. The Morgan fingerprint density at radius 3 is 2.89 bits per heavy atom. The van der Waals surface area contributed by atoms with Crippen LogP contribution in [0.3, 0.4) is 0 Å². The second-order valence-electron chi connectivity index (χ2n) is 3.73. The van der Waals surface area contributed by atoms with Gasteiger partial charge in [-0.1, -0.05) is 19.0 Å². The van der Waals surface area contributed by atoms with Gasteiger partial charge in [0, 0.05) is 18.4 Å². The van der Waals surface area contributed by atoms with E-state index in [4.69, 9.17) is 10.4 Å². The summed E-state index contributed by atoms with van der Waals surface area (Å²) in [7, 11) is 0. The minimum absolute atomic E-state index is 0.219. The van der Waals surface area contributed by atoms with Gasteiger partial charge in [0.2, 0.25) is 0 Å². The molecule has 0 atom stereocenters. The molecule has 1 heterocycles. The second kappa shape index (κ2) is 8.12. The Hall–Kier alpha value is -1.05. The van der Waals surface area contributed by atoms with Gasteiger partial charge in [0.05, 0.1) is 5.75 Å². The molecule has 1 amide bonds. The maximum atomic E-state index is 11.2. The maximum absolute atomic E-state index is 11.2. The standard InChI is InChI=1S/C11H20N4O2S/c1-3-15(4-2)5-6-18-8-9-7-10(14-17-9)11(16)13-12/h7H,3-6,8,12H2,1-2H3,(H,13,16). The van der Waals surface area contributed by atoms with Crippen LogP contribution in [-0.4, -0.2) is 41.4 Å². The molecule has 0 spiro atoms. The summed E-state index contributed by atoms with van der Waals surface area (Å²) in [5, 5.41) is 3.64. The quantitative estimate of drug-likeness (QED) is 0.316. The summed E-state index contributed by atoms with van der Waals surface area (Å²) in [5.41, 5.74) is 2.24. The number of nitrogens with zero attached hydrogens (tertiary/aromatic N) is 2. The third-order valence-electron chi connectivity index (χ3n) is 2.61. The summed E-state index contributed by atoms with van der Waals surface area (Å²) in [6.45, 7) is 7.51. The molecule has 1 aromatic heterocycles. The molecular weight excluding hydrogens is 252 g/mol. The van der Waals surface area contributed by atoms with E-state index in [0.29, 0.717) is 11.5 Å². The summed E-state index contributed by atoms with van der Waals surface area (Å²) in [6, 6.07) is 1.62. The predicted octanol–water partition coefficient (Wildman–Crippen LogP) is 0.853. The Balaban J connectivity index is 2.27. The van der Waals surface area contributed by atoms with Crippen molar-refractivity contribution in [1.82, 2.24) is 15.5 Å². The van der Waals surface area contributed by atoms with Crippen LogP contribution in [0.15, 0.2) is 10.6 Å². The number of aromatic nitrogens is 1. The molecule has 0 aliphatic heterocycles. The first-order valence-electron chi connectivity index (χ1n) is 5.97. The first-order valence-corrected chi connectivity index (χ1v) is 7.13. The lowest BCUT2D eigenvalue weighted by atomic mass is 10.4. The molecular formula is C11H20N4O2S. The highest BCUT2D eigenvalue weighted by molar-refractivity contribution is 7.98. The lowest BCUT2D eigenvalue weighted by Crippen LogP contribution is -2.30. The van der Waals surface area contributed by atoms with E-state index in [2.05, 4.69) is 23.9 Å². The fraction of sp³-hybridized carbons (Fsp3) is 0.636. The highest BCUT2D eigenvalue weighted by Gasteiger charge is 2.10. The van der Waals surface area contributed by atoms with Crippen molar-refractivity contribution >= 4 is 17.7 Å². The molecule has 0 bridgehead atoms. The van der Waals surface area contributed by atoms with E-state index < -0.39 is 5.91 Å². The number of rotatable bonds is 8. The van der Waals surface area contributed by atoms with Crippen molar-refractivity contribution in [2.45, 2.75) is 19.6 Å². The van der Waals surface area contributed by atoms with Gasteiger partial charge in [0.25, 0.3) is 5.91 Å². The molecule has 18 heavy (non-hydrogen) atoms. The molecule has 1 rings (SSSR count). The van der Waals surface area contributed by atoms with E-state index in [-0.39, 0.29) is 5.69 Å². The van der Waals surface area contributed by atoms with Crippen molar-refractivity contribution in [2.75, 3.05) is 25.4 Å². The average Bonchev–Trinajstić information content (AvgIpc) is 2.87. The highest BCUT2D eigenvalue weighted by Crippen LogP contribution is 2.13. The van der Waals surface area contributed by atoms with Crippen LogP contribution in [0.25, 0.3) is 0 Å². The van der Waals surface area contributed by atoms with E-state index in [1.54, 1.807) is 17.8 Å². The zero-order chi connectivity index (χ0) is 13.4. The van der Waals surface area contributed by atoms with Crippen molar-refractivity contribution in [2.24, 2.45) is 5.84 Å². The van der Waals surface area contributed by atoms with Gasteiger partial charge in [-0.2, -0.15) is 11.8 Å². The second-order valence-corrected chi connectivity index (χ2v) is 4.84. The lowest BCUT2D eigenvalue weighted by molar-refractivity contribution is 0.0944. The van der Waals surface area contributed by atoms with E-state index in [1.165, 1.54) is 0 Å². The number of thioether (sulfide) groups is 1. The van der Waals surface area contributed by atoms with Crippen LogP contribution in [-0.2, 0) is 5.75 Å². The first kappa shape index (κ1) is 15.0. The fourth-order valence-corrected chi connectivity index (χ4v) is 2.34. The summed E-state index contributed by atoms with van der Waals surface area (Å²) in [5.74, 6) is 7.01. The third-order valence-corrected chi connectivity index (χ3v) is 3.57. The molecule has 0 fully saturated rings. The van der Waals surface area contributed by atoms with E-state index in [1.807, 2.05) is 5.43 Å². The van der Waals surface area contributed by atoms with Crippen LogP contribution in [0.4, 0.5) is 0 Å². The monoisotopic (exact) mass is 272 g/mol. The lowest BCUT2D eigenvalue weighted by Gasteiger charge is -2.16. The van der Waals surface area contributed by atoms with Crippen molar-refractivity contribution in [3.05, 3.63) is 17.5 Å². The number of hydrazine groups is 1. The molecule has 1 aromatic rings. The minimum Gasteiger partial charge on any atom is -0.360 e. The van der Waals surface area contributed by atoms with Crippen molar-refractivity contribution < 1.29 is 9.32 Å². The number of hydrogen-bond donors (Lipinski definition) is 2. The number of nitrogens with two attached hydrogens (primary N) is 1. The van der Waals surface area contributed by atoms with Crippen LogP contribution in [0, 0.1) is 0 Å². The zero-order valence-electron chi connectivity index (χ0n) is 10.8. The van der Waals surface area contributed by atoms with Gasteiger partial charge in [0.1, 0.15) is 5.76 Å². The van der Waals surface area contributed by atoms with E-state index >= 15 is 0 Å². The van der Waals surface area contributed by atoms with Crippen LogP contribution in [0.2, 0.25) is 0 Å². The van der Waals surface area contributed by atoms with Gasteiger partial charge in [-0.05, 0) is 13.1 Å². The Bertz CT molecular complexity index is 366. The number of nitrogens with one attached hydrogen (secondary N) is 1. The number of hydrogen-bond acceptors (Lipinski definition) is 6. The Morgan fingerprint density at radius 1 is 1.56 bits per heavy atom. The number of amides is 1. The van der Waals surface area contributed by atoms with E-state index in [0.717, 1.165) is 25.4 Å². The Morgan fingerprint density at radius 2 is 2.28 bits per heavy atom. The summed E-state index contributed by atoms with van der Waals surface area (Å²) in [4.78, 5) is 13.5. The van der Waals surface area contributed by atoms with Gasteiger partial charge in [-0.3, -0.25) is 10.2 Å². The number of carbonyl (C=O) groups is 1. The smallest absolute Gasteiger partial charge is 0.287 e. The highest BCUT2D eigenvalue weighted by atomic mass is 32.2. The molecule has 0 aromatic carbocycles.